The molecule has 0 saturated heterocycles. The lowest BCUT2D eigenvalue weighted by Crippen LogP contribution is -2.21. The molecule has 0 atom stereocenters. The minimum atomic E-state index is -5.08. The zero-order chi connectivity index (χ0) is 37.0. The highest BCUT2D eigenvalue weighted by molar-refractivity contribution is 7.92. The van der Waals surface area contributed by atoms with Crippen LogP contribution in [0, 0.1) is 5.41 Å². The summed E-state index contributed by atoms with van der Waals surface area (Å²) in [5, 5.41) is 26.4. The number of sulfonamides is 1. The van der Waals surface area contributed by atoms with Crippen molar-refractivity contribution in [1.29, 1.82) is 5.41 Å². The second-order valence-corrected chi connectivity index (χ2v) is 13.7. The van der Waals surface area contributed by atoms with E-state index in [9.17, 15) is 31.5 Å². The van der Waals surface area contributed by atoms with Crippen molar-refractivity contribution in [3.05, 3.63) is 120 Å². The number of rotatable bonds is 8. The second kappa shape index (κ2) is 14.3. The lowest BCUT2D eigenvalue weighted by Gasteiger charge is -2.19. The number of nitrogen functional groups attached to an aromatic ring is 1. The van der Waals surface area contributed by atoms with Gasteiger partial charge >= 0.3 is 18.1 Å². The fraction of sp³-hybridized carbons (Fsp3) is 0.139. The van der Waals surface area contributed by atoms with Gasteiger partial charge in [-0.1, -0.05) is 69.3 Å². The van der Waals surface area contributed by atoms with Crippen LogP contribution >= 0.6 is 0 Å². The van der Waals surface area contributed by atoms with Crippen molar-refractivity contribution in [2.24, 2.45) is 5.73 Å². The molecule has 50 heavy (non-hydrogen) atoms. The number of anilines is 1. The quantitative estimate of drug-likeness (QED) is 0.0794. The lowest BCUT2D eigenvalue weighted by atomic mass is 9.87. The van der Waals surface area contributed by atoms with Crippen LogP contribution in [-0.4, -0.2) is 42.6 Å². The monoisotopic (exact) mass is 707 g/mol. The molecule has 10 nitrogen and oxygen atoms in total. The van der Waals surface area contributed by atoms with Gasteiger partial charge in [-0.2, -0.15) is 13.2 Å². The van der Waals surface area contributed by atoms with Gasteiger partial charge in [0.15, 0.2) is 0 Å². The van der Waals surface area contributed by atoms with Crippen molar-refractivity contribution < 1.29 is 46.1 Å². The number of nitrogens with one attached hydrogen (secondary N) is 2. The fourth-order valence-corrected chi connectivity index (χ4v) is 5.78. The van der Waals surface area contributed by atoms with E-state index < -0.39 is 28.1 Å². The Labute approximate surface area is 285 Å². The number of amidine groups is 1. The number of carbonyl (C=O) groups is 2. The average Bonchev–Trinajstić information content (AvgIpc) is 3.04. The Kier molecular flexibility index (Phi) is 10.6. The lowest BCUT2D eigenvalue weighted by molar-refractivity contribution is -0.192. The van der Waals surface area contributed by atoms with Gasteiger partial charge in [0.05, 0.1) is 10.5 Å². The van der Waals surface area contributed by atoms with Gasteiger partial charge in [0, 0.05) is 16.8 Å². The van der Waals surface area contributed by atoms with E-state index in [1.165, 1.54) is 6.07 Å². The first-order chi connectivity index (χ1) is 23.3. The summed E-state index contributed by atoms with van der Waals surface area (Å²) in [5.41, 5.74) is 8.17. The first-order valence-corrected chi connectivity index (χ1v) is 16.2. The summed E-state index contributed by atoms with van der Waals surface area (Å²) in [7, 11) is -3.94. The molecule has 0 bridgehead atoms. The molecule has 0 amide bonds. The van der Waals surface area contributed by atoms with Crippen molar-refractivity contribution in [2.45, 2.75) is 37.3 Å². The molecule has 0 radical (unpaired) electrons. The molecule has 5 aromatic rings. The first kappa shape index (κ1) is 36.9. The van der Waals surface area contributed by atoms with E-state index in [4.69, 9.17) is 25.8 Å². The third-order valence-electron chi connectivity index (χ3n) is 7.30. The van der Waals surface area contributed by atoms with Crippen LogP contribution < -0.4 is 15.2 Å². The third-order valence-corrected chi connectivity index (χ3v) is 8.70. The van der Waals surface area contributed by atoms with Gasteiger partial charge in [-0.25, -0.2) is 18.0 Å². The van der Waals surface area contributed by atoms with E-state index in [1.54, 1.807) is 72.8 Å². The Morgan fingerprint density at radius 3 is 1.98 bits per heavy atom. The molecule has 0 aliphatic heterocycles. The summed E-state index contributed by atoms with van der Waals surface area (Å²) in [6.45, 7) is 6.16. The number of carboxylic acid groups (broad SMARTS) is 2. The zero-order valence-corrected chi connectivity index (χ0v) is 27.7. The van der Waals surface area contributed by atoms with Crippen molar-refractivity contribution in [1.82, 2.24) is 0 Å². The summed E-state index contributed by atoms with van der Waals surface area (Å²) >= 11 is 0. The van der Waals surface area contributed by atoms with Gasteiger partial charge in [0.2, 0.25) is 0 Å². The van der Waals surface area contributed by atoms with E-state index in [-0.39, 0.29) is 27.4 Å². The predicted octanol–water partition coefficient (Wildman–Crippen LogP) is 8.01. The van der Waals surface area contributed by atoms with Crippen molar-refractivity contribution >= 4 is 44.3 Å². The summed E-state index contributed by atoms with van der Waals surface area (Å²) in [6, 6.07) is 28.8. The van der Waals surface area contributed by atoms with E-state index in [2.05, 4.69) is 25.5 Å². The van der Waals surface area contributed by atoms with Crippen molar-refractivity contribution in [2.75, 3.05) is 4.72 Å². The van der Waals surface area contributed by atoms with Gasteiger partial charge in [-0.15, -0.1) is 0 Å². The highest BCUT2D eigenvalue weighted by Crippen LogP contribution is 2.38. The topological polar surface area (TPSA) is 180 Å². The van der Waals surface area contributed by atoms with Crippen LogP contribution in [0.5, 0.6) is 11.5 Å². The van der Waals surface area contributed by atoms with Crippen LogP contribution in [0.2, 0.25) is 0 Å². The summed E-state index contributed by atoms with van der Waals surface area (Å²) < 4.78 is 67.2. The van der Waals surface area contributed by atoms with Gasteiger partial charge in [0.25, 0.3) is 10.0 Å². The van der Waals surface area contributed by atoms with E-state index >= 15 is 0 Å². The normalized spacial score (nSPS) is 11.6. The third kappa shape index (κ3) is 8.96. The summed E-state index contributed by atoms with van der Waals surface area (Å²) in [4.78, 5) is 21.1. The Bertz CT molecular complexity index is 2200. The Balaban J connectivity index is 0.000000727. The highest BCUT2D eigenvalue weighted by Gasteiger charge is 2.38. The number of halogens is 3. The average molecular weight is 708 g/mol. The van der Waals surface area contributed by atoms with Crippen LogP contribution in [0.4, 0.5) is 18.9 Å². The minimum Gasteiger partial charge on any atom is -0.478 e. The molecule has 5 aromatic carbocycles. The molecule has 0 saturated carbocycles. The second-order valence-electron chi connectivity index (χ2n) is 12.0. The Hall–Kier alpha value is -5.89. The fourth-order valence-electron chi connectivity index (χ4n) is 4.73. The Morgan fingerprint density at radius 1 is 0.800 bits per heavy atom. The molecule has 0 spiro atoms. The predicted molar refractivity (Wildman–Crippen MR) is 184 cm³/mol. The molecule has 260 valence electrons. The van der Waals surface area contributed by atoms with E-state index in [0.717, 1.165) is 16.3 Å². The number of hydrogen-bond acceptors (Lipinski definition) is 6. The maximum absolute atomic E-state index is 13.3. The molecule has 5 rings (SSSR count). The molecule has 0 heterocycles. The standard InChI is InChI=1S/C34H31N3O5S.C2HF3O2/c1-34(2,3)24-11-15-27(16-12-24)43(40,41)37-25-13-17-31(30(20-25)28-6-4-5-7-29(28)33(38)39)42-26-14-10-21-18-23(32(35)36)9-8-22(21)19-26;3-2(4,5)1(6)7/h4-20,37H,1-3H3,(H3,35,36)(H,38,39);(H,6,7). The van der Waals surface area contributed by atoms with Crippen LogP contribution in [0.3, 0.4) is 0 Å². The van der Waals surface area contributed by atoms with E-state index in [1.807, 2.05) is 24.3 Å². The number of carboxylic acids is 2. The largest absolute Gasteiger partial charge is 0.490 e. The van der Waals surface area contributed by atoms with E-state index in [0.29, 0.717) is 28.2 Å². The molecule has 14 heteroatoms. The number of aromatic carboxylic acids is 1. The van der Waals surface area contributed by atoms with Crippen LogP contribution in [0.1, 0.15) is 42.3 Å². The minimum absolute atomic E-state index is 0.0263. The number of hydrogen-bond donors (Lipinski definition) is 5. The SMILES string of the molecule is CC(C)(C)c1ccc(S(=O)(=O)Nc2ccc(Oc3ccc4cc(C(=N)N)ccc4c3)c(-c3ccccc3C(=O)O)c2)cc1.O=C(O)C(F)(F)F. The molecule has 0 aliphatic rings. The summed E-state index contributed by atoms with van der Waals surface area (Å²) in [5.74, 6) is -3.08. The maximum Gasteiger partial charge on any atom is 0.490 e. The van der Waals surface area contributed by atoms with Gasteiger partial charge in [-0.3, -0.25) is 10.1 Å². The first-order valence-electron chi connectivity index (χ1n) is 14.7. The molecular formula is C36H32F3N3O7S. The molecule has 6 N–H and O–H groups in total. The van der Waals surface area contributed by atoms with Gasteiger partial charge in [0.1, 0.15) is 17.3 Å². The molecule has 0 aliphatic carbocycles. The van der Waals surface area contributed by atoms with Crippen LogP contribution in [0.25, 0.3) is 21.9 Å². The number of aliphatic carboxylic acids is 1. The zero-order valence-electron chi connectivity index (χ0n) is 26.9. The highest BCUT2D eigenvalue weighted by atomic mass is 32.2. The van der Waals surface area contributed by atoms with Crippen LogP contribution in [-0.2, 0) is 20.2 Å². The molecule has 0 aromatic heterocycles. The summed E-state index contributed by atoms with van der Waals surface area (Å²) in [6.07, 6.45) is -5.08. The number of fused-ring (bicyclic) bond motifs is 1. The molecule has 0 fully saturated rings. The Morgan fingerprint density at radius 2 is 1.40 bits per heavy atom. The number of nitrogens with two attached hydrogens (primary N) is 1. The van der Waals surface area contributed by atoms with Crippen molar-refractivity contribution in [3.8, 4) is 22.6 Å². The maximum atomic E-state index is 13.3. The van der Waals surface area contributed by atoms with Crippen LogP contribution in [0.15, 0.2) is 108 Å². The van der Waals surface area contributed by atoms with Gasteiger partial charge < -0.3 is 20.7 Å². The van der Waals surface area contributed by atoms with Crippen molar-refractivity contribution in [3.63, 3.8) is 0 Å². The number of alkyl halides is 3. The smallest absolute Gasteiger partial charge is 0.478 e. The molecule has 0 unspecified atom stereocenters. The molecular weight excluding hydrogens is 675 g/mol. The van der Waals surface area contributed by atoms with Gasteiger partial charge in [-0.05, 0) is 81.9 Å². The number of ether oxygens (including phenoxy) is 1. The number of benzene rings is 5.